The van der Waals surface area contributed by atoms with E-state index in [9.17, 15) is 33.6 Å². The molecule has 0 aromatic heterocycles. The van der Waals surface area contributed by atoms with E-state index in [1.54, 1.807) is 77.9 Å². The van der Waals surface area contributed by atoms with Gasteiger partial charge in [-0.1, -0.05) is 108 Å². The van der Waals surface area contributed by atoms with E-state index in [0.717, 1.165) is 70.2 Å². The van der Waals surface area contributed by atoms with E-state index >= 15 is 0 Å². The van der Waals surface area contributed by atoms with Gasteiger partial charge in [-0.15, -0.1) is 0 Å². The lowest BCUT2D eigenvalue weighted by Crippen LogP contribution is -2.38. The molecule has 31 heteroatoms. The Bertz CT molecular complexity index is 2990. The maximum atomic E-state index is 11.9. The minimum absolute atomic E-state index is 0.132. The standard InChI is InChI=1S/C17H25NO5.C14H18INO4.C12H17NO3.C9H10INO2.C8H8INO2.C3H7IO.CH4O.Cl2OS/c1-17(2,3)23-16(21)18-14(15(20)22-4)13-9-7-12(8-10-13)6-5-11-19;1-14(2,3)20-13(18)16-11(12(17)19-4)9-5-7-10(15)8-6-9;1-16-12(15)11(13)10-6-4-9(5-7-10)3-2-8-14;1-13-9(12)8(11)6-2-4-7(10)5-3-6;9-6-3-1-5(2-4-6)7(10)8(11)12;4-2-1-3-5;1-2;1-4(2)3/h7-10,14,19H,5-6,11H2,1-4H3,(H,18,21);5-8,11H,1-4H3,(H,16,18);4-7,11,14H,2-3,8,13H2,1H3;2-5,8H,11H2,1H3;1-4,7H,10H2,(H,11,12);5H,1-3H2;2H,1H3;/t14-;2*11-;8-;7-;;;/m00000.../s1. The molecule has 0 aliphatic rings. The Labute approximate surface area is 622 Å². The minimum atomic E-state index is -1.67. The quantitative estimate of drug-likeness (QED) is 0.0114. The van der Waals surface area contributed by atoms with Gasteiger partial charge in [0.25, 0.3) is 0 Å². The van der Waals surface area contributed by atoms with Gasteiger partial charge in [-0.05, 0) is 217 Å². The van der Waals surface area contributed by atoms with Crippen LogP contribution in [0.4, 0.5) is 9.59 Å². The van der Waals surface area contributed by atoms with Crippen LogP contribution in [0.2, 0.25) is 0 Å². The number of aliphatic hydroxyl groups excluding tert-OH is 4. The molecule has 0 aliphatic carbocycles. The predicted octanol–water partition coefficient (Wildman–Crippen LogP) is 10.5. The maximum absolute atomic E-state index is 11.9. The number of benzene rings is 5. The fourth-order valence-corrected chi connectivity index (χ4v) is 8.12. The molecule has 0 bridgehead atoms. The monoisotopic (exact) mass is 1840 g/mol. The summed E-state index contributed by atoms with van der Waals surface area (Å²) in [4.78, 5) is 80.1. The highest BCUT2D eigenvalue weighted by atomic mass is 127. The number of nitrogens with two attached hydrogens (primary N) is 3. The molecule has 0 unspecified atom stereocenters. The topological polar surface area (TPSA) is 395 Å². The first-order chi connectivity index (χ1) is 44.6. The van der Waals surface area contributed by atoms with Crippen molar-refractivity contribution in [3.05, 3.63) is 171 Å². The number of methoxy groups -OCH3 is 4. The van der Waals surface area contributed by atoms with Crippen LogP contribution < -0.4 is 27.8 Å². The van der Waals surface area contributed by atoms with Crippen molar-refractivity contribution in [1.29, 1.82) is 0 Å². The molecule has 5 aromatic carbocycles. The number of carbonyl (C=O) groups is 7. The van der Waals surface area contributed by atoms with Gasteiger partial charge in [0.2, 0.25) is 9.23 Å². The zero-order valence-corrected chi connectivity index (χ0v) is 65.6. The lowest BCUT2D eigenvalue weighted by Gasteiger charge is -2.23. The first kappa shape index (κ1) is 94.5. The van der Waals surface area contributed by atoms with Crippen LogP contribution >= 0.6 is 112 Å². The number of hydrogen-bond donors (Lipinski definition) is 10. The van der Waals surface area contributed by atoms with Gasteiger partial charge in [-0.3, -0.25) is 14.4 Å². The second kappa shape index (κ2) is 54.3. The molecule has 532 valence electrons. The molecular formula is C64H89Cl2I4N5O19S. The zero-order chi connectivity index (χ0) is 73.4. The molecule has 5 aromatic rings. The van der Waals surface area contributed by atoms with E-state index in [4.69, 9.17) is 65.9 Å². The number of aliphatic hydroxyl groups is 4. The summed E-state index contributed by atoms with van der Waals surface area (Å²) in [5, 5.41) is 46.2. The first-order valence-electron chi connectivity index (χ1n) is 28.4. The van der Waals surface area contributed by atoms with Crippen LogP contribution in [0, 0.1) is 10.7 Å². The highest BCUT2D eigenvalue weighted by Gasteiger charge is 2.28. The molecule has 0 radical (unpaired) electrons. The number of amides is 2. The molecule has 0 saturated carbocycles. The molecule has 5 rings (SSSR count). The van der Waals surface area contributed by atoms with E-state index in [-0.39, 0.29) is 13.2 Å². The highest BCUT2D eigenvalue weighted by Crippen LogP contribution is 2.21. The van der Waals surface area contributed by atoms with Crippen LogP contribution in [0.1, 0.15) is 130 Å². The second-order valence-electron chi connectivity index (χ2n) is 20.8. The molecule has 13 N–H and O–H groups in total. The van der Waals surface area contributed by atoms with Crippen LogP contribution in [-0.4, -0.2) is 143 Å². The highest BCUT2D eigenvalue weighted by molar-refractivity contribution is 14.1. The van der Waals surface area contributed by atoms with Gasteiger partial charge in [-0.2, -0.15) is 0 Å². The maximum Gasteiger partial charge on any atom is 0.408 e. The normalized spacial score (nSPS) is 11.8. The number of aliphatic carboxylic acids is 1. The summed E-state index contributed by atoms with van der Waals surface area (Å²) in [5.74, 6) is -2.98. The molecule has 5 atom stereocenters. The average molecular weight is 1840 g/mol. The molecular weight excluding hydrogens is 1750 g/mol. The number of alkyl carbamates (subject to hydrolysis) is 2. The van der Waals surface area contributed by atoms with E-state index in [0.29, 0.717) is 29.7 Å². The van der Waals surface area contributed by atoms with E-state index < -0.39 is 92.7 Å². The zero-order valence-electron chi connectivity index (χ0n) is 54.7. The molecule has 24 nitrogen and oxygen atoms in total. The summed E-state index contributed by atoms with van der Waals surface area (Å²) in [6.07, 6.45) is 2.58. The summed E-state index contributed by atoms with van der Waals surface area (Å²) in [7, 11) is 13.5. The number of hydrogen-bond acceptors (Lipinski definition) is 21. The summed E-state index contributed by atoms with van der Waals surface area (Å²) in [6.45, 7) is 11.2. The lowest BCUT2D eigenvalue weighted by atomic mass is 10.0. The van der Waals surface area contributed by atoms with Gasteiger partial charge in [-0.25, -0.2) is 23.4 Å². The number of carbonyl (C=O) groups excluding carboxylic acids is 6. The average Bonchev–Trinajstić information content (AvgIpc) is 0.937. The number of nitrogens with one attached hydrogen (secondary N) is 2. The van der Waals surface area contributed by atoms with Crippen molar-refractivity contribution in [1.82, 2.24) is 10.6 Å². The van der Waals surface area contributed by atoms with Gasteiger partial charge in [0.15, 0.2) is 12.1 Å². The number of aryl methyl sites for hydroxylation is 2. The molecule has 0 fully saturated rings. The number of alkyl halides is 1. The molecule has 0 heterocycles. The lowest BCUT2D eigenvalue weighted by molar-refractivity contribution is -0.144. The van der Waals surface area contributed by atoms with Crippen LogP contribution in [0.25, 0.3) is 0 Å². The van der Waals surface area contributed by atoms with Crippen molar-refractivity contribution in [3.63, 3.8) is 0 Å². The molecule has 0 aliphatic heterocycles. The summed E-state index contributed by atoms with van der Waals surface area (Å²) in [5.41, 5.74) is 21.0. The second-order valence-corrected chi connectivity index (χ2v) is 28.1. The van der Waals surface area contributed by atoms with Gasteiger partial charge < -0.3 is 81.8 Å². The van der Waals surface area contributed by atoms with Crippen LogP contribution in [0.15, 0.2) is 121 Å². The molecule has 95 heavy (non-hydrogen) atoms. The van der Waals surface area contributed by atoms with E-state index in [2.05, 4.69) is 132 Å². The van der Waals surface area contributed by atoms with Crippen LogP contribution in [-0.2, 0) is 74.5 Å². The van der Waals surface area contributed by atoms with Gasteiger partial charge in [0.1, 0.15) is 29.3 Å². The Kier molecular flexibility index (Phi) is 54.0. The molecule has 2 amide bonds. The fraction of sp³-hybridized carbons (Fsp3) is 0.422. The SMILES string of the molecule is CO.COC(=O)[C@@H](N)c1ccc(CCCO)cc1.COC(=O)[C@@H](N)c1ccc(I)cc1.COC(=O)[C@@H](NC(=O)OC(C)(C)C)c1ccc(CCCO)cc1.COC(=O)[C@@H](NC(=O)OC(C)(C)C)c1ccc(I)cc1.N[C@H](C(=O)O)c1ccc(I)cc1.O=S(Cl)Cl.OCCCI. The Morgan fingerprint density at radius 2 is 0.705 bits per heavy atom. The number of carboxylic acid groups (broad SMARTS) is 1. The Morgan fingerprint density at radius 3 is 0.926 bits per heavy atom. The van der Waals surface area contributed by atoms with Crippen molar-refractivity contribution in [2.75, 3.05) is 59.8 Å². The Morgan fingerprint density at radius 1 is 0.463 bits per heavy atom. The number of carboxylic acids is 1. The minimum Gasteiger partial charge on any atom is -0.480 e. The van der Waals surface area contributed by atoms with Crippen molar-refractivity contribution in [2.24, 2.45) is 17.2 Å². The summed E-state index contributed by atoms with van der Waals surface area (Å²) >= 11 is 8.73. The summed E-state index contributed by atoms with van der Waals surface area (Å²) < 4.78 is 42.2. The predicted molar refractivity (Wildman–Crippen MR) is 400 cm³/mol. The number of esters is 4. The fourth-order valence-electron chi connectivity index (χ4n) is 6.70. The third kappa shape index (κ3) is 46.3. The largest absolute Gasteiger partial charge is 0.480 e. The Balaban J connectivity index is -0.00000109. The van der Waals surface area contributed by atoms with Crippen LogP contribution in [0.5, 0.6) is 0 Å². The van der Waals surface area contributed by atoms with Crippen molar-refractivity contribution in [3.8, 4) is 0 Å². The number of ether oxygens (including phenoxy) is 6. The molecule has 0 saturated heterocycles. The van der Waals surface area contributed by atoms with Gasteiger partial charge in [0, 0.05) is 63.4 Å². The third-order valence-corrected chi connectivity index (χ3v) is 14.1. The summed E-state index contributed by atoms with van der Waals surface area (Å²) in [6, 6.07) is 32.3. The smallest absolute Gasteiger partial charge is 0.408 e. The first-order valence-corrected chi connectivity index (χ1v) is 36.0. The Hall–Kier alpha value is -4.64. The van der Waals surface area contributed by atoms with Gasteiger partial charge >= 0.3 is 42.0 Å². The number of halogens is 6. The number of rotatable bonds is 20. The van der Waals surface area contributed by atoms with E-state index in [1.807, 2.05) is 84.9 Å². The van der Waals surface area contributed by atoms with Crippen LogP contribution in [0.3, 0.4) is 0 Å². The van der Waals surface area contributed by atoms with Crippen molar-refractivity contribution >= 4 is 163 Å². The van der Waals surface area contributed by atoms with Crippen molar-refractivity contribution < 1.29 is 91.7 Å². The third-order valence-electron chi connectivity index (χ3n) is 11.2. The van der Waals surface area contributed by atoms with E-state index in [1.165, 1.54) is 28.4 Å². The van der Waals surface area contributed by atoms with Crippen molar-refractivity contribution in [2.45, 2.75) is 115 Å². The molecule has 0 spiro atoms. The van der Waals surface area contributed by atoms with Gasteiger partial charge in [0.05, 0.1) is 28.4 Å².